The van der Waals surface area contributed by atoms with Gasteiger partial charge in [0.2, 0.25) is 0 Å². The zero-order valence-corrected chi connectivity index (χ0v) is 15.1. The van der Waals surface area contributed by atoms with E-state index in [0.717, 1.165) is 43.0 Å². The van der Waals surface area contributed by atoms with Crippen LogP contribution in [0.25, 0.3) is 0 Å². The second-order valence-electron chi connectivity index (χ2n) is 7.14. The van der Waals surface area contributed by atoms with Gasteiger partial charge in [0.1, 0.15) is 5.82 Å². The fourth-order valence-corrected chi connectivity index (χ4v) is 3.96. The largest absolute Gasteiger partial charge is 0.356 e. The lowest BCUT2D eigenvalue weighted by molar-refractivity contribution is 0.332. The Bertz CT molecular complexity index is 530. The van der Waals surface area contributed by atoms with Gasteiger partial charge in [-0.05, 0) is 31.6 Å². The van der Waals surface area contributed by atoms with Crippen LogP contribution in [0, 0.1) is 5.92 Å². The van der Waals surface area contributed by atoms with Crippen LogP contribution in [-0.4, -0.2) is 34.3 Å². The summed E-state index contributed by atoms with van der Waals surface area (Å²) in [6, 6.07) is 0. The third-order valence-corrected chi connectivity index (χ3v) is 5.38. The van der Waals surface area contributed by atoms with Crippen molar-refractivity contribution in [3.63, 3.8) is 0 Å². The van der Waals surface area contributed by atoms with Crippen LogP contribution in [0.15, 0.2) is 4.99 Å². The Morgan fingerprint density at radius 3 is 2.83 bits per heavy atom. The lowest BCUT2D eigenvalue weighted by atomic mass is 9.86. The number of nitrogens with one attached hydrogen (secondary N) is 2. The predicted octanol–water partition coefficient (Wildman–Crippen LogP) is 2.64. The molecule has 2 aliphatic rings. The van der Waals surface area contributed by atoms with E-state index in [0.29, 0.717) is 6.54 Å². The summed E-state index contributed by atoms with van der Waals surface area (Å²) < 4.78 is 2.26. The van der Waals surface area contributed by atoms with E-state index in [-0.39, 0.29) is 0 Å². The van der Waals surface area contributed by atoms with Crippen molar-refractivity contribution in [2.24, 2.45) is 10.9 Å². The van der Waals surface area contributed by atoms with Crippen molar-refractivity contribution in [2.45, 2.75) is 77.3 Å². The topological polar surface area (TPSA) is 67.1 Å². The molecule has 2 N–H and O–H groups in total. The molecule has 134 valence electrons. The first-order valence-electron chi connectivity index (χ1n) is 9.72. The van der Waals surface area contributed by atoms with Crippen molar-refractivity contribution < 1.29 is 0 Å². The summed E-state index contributed by atoms with van der Waals surface area (Å²) in [6.07, 6.45) is 13.3. The normalized spacial score (nSPS) is 19.1. The lowest BCUT2D eigenvalue weighted by Gasteiger charge is -2.21. The van der Waals surface area contributed by atoms with E-state index in [9.17, 15) is 0 Å². The molecule has 0 bridgehead atoms. The number of aliphatic imine (C=N–C) groups is 1. The molecule has 6 nitrogen and oxygen atoms in total. The number of hydrogen-bond acceptors (Lipinski definition) is 3. The highest BCUT2D eigenvalue weighted by Crippen LogP contribution is 2.26. The molecule has 1 saturated carbocycles. The van der Waals surface area contributed by atoms with E-state index in [2.05, 4.69) is 30.4 Å². The fourth-order valence-electron chi connectivity index (χ4n) is 3.96. The third-order valence-electron chi connectivity index (χ3n) is 5.38. The maximum atomic E-state index is 4.33. The molecule has 1 aliphatic heterocycles. The molecule has 0 unspecified atom stereocenters. The number of aryl methyl sites for hydroxylation is 1. The molecule has 1 aromatic rings. The fraction of sp³-hybridized carbons (Fsp3) is 0.833. The molecule has 1 aromatic heterocycles. The van der Waals surface area contributed by atoms with Crippen LogP contribution in [0.4, 0.5) is 0 Å². The number of rotatable bonds is 6. The highest BCUT2D eigenvalue weighted by atomic mass is 15.3. The molecule has 1 aliphatic carbocycles. The Kier molecular flexibility index (Phi) is 6.49. The second kappa shape index (κ2) is 9.04. The van der Waals surface area contributed by atoms with Crippen LogP contribution in [0.2, 0.25) is 0 Å². The van der Waals surface area contributed by atoms with E-state index >= 15 is 0 Å². The maximum Gasteiger partial charge on any atom is 0.191 e. The van der Waals surface area contributed by atoms with Crippen LogP contribution < -0.4 is 10.6 Å². The Hall–Kier alpha value is -1.59. The van der Waals surface area contributed by atoms with E-state index in [4.69, 9.17) is 0 Å². The first-order valence-corrected chi connectivity index (χ1v) is 9.72. The van der Waals surface area contributed by atoms with Gasteiger partial charge < -0.3 is 15.2 Å². The molecule has 2 heterocycles. The molecule has 0 radical (unpaired) electrons. The number of guanidine groups is 1. The summed E-state index contributed by atoms with van der Waals surface area (Å²) in [4.78, 5) is 4.32. The van der Waals surface area contributed by atoms with Gasteiger partial charge >= 0.3 is 0 Å². The van der Waals surface area contributed by atoms with Gasteiger partial charge in [0.15, 0.2) is 11.8 Å². The lowest BCUT2D eigenvalue weighted by Crippen LogP contribution is -2.38. The molecule has 0 amide bonds. The first kappa shape index (κ1) is 17.2. The molecule has 6 heteroatoms. The average molecular weight is 332 g/mol. The summed E-state index contributed by atoms with van der Waals surface area (Å²) in [5.41, 5.74) is 0. The molecule has 0 atom stereocenters. The molecule has 3 rings (SSSR count). The third kappa shape index (κ3) is 4.71. The van der Waals surface area contributed by atoms with Gasteiger partial charge in [-0.15, -0.1) is 10.2 Å². The second-order valence-corrected chi connectivity index (χ2v) is 7.14. The number of aromatic nitrogens is 3. The van der Waals surface area contributed by atoms with Crippen LogP contribution in [0.3, 0.4) is 0 Å². The van der Waals surface area contributed by atoms with Crippen molar-refractivity contribution in [2.75, 3.05) is 13.6 Å². The van der Waals surface area contributed by atoms with Gasteiger partial charge in [0.25, 0.3) is 0 Å². The average Bonchev–Trinajstić information content (AvgIpc) is 3.05. The molecular weight excluding hydrogens is 300 g/mol. The summed E-state index contributed by atoms with van der Waals surface area (Å²) in [7, 11) is 1.83. The summed E-state index contributed by atoms with van der Waals surface area (Å²) in [6.45, 7) is 2.73. The summed E-state index contributed by atoms with van der Waals surface area (Å²) >= 11 is 0. The Morgan fingerprint density at radius 1 is 1.12 bits per heavy atom. The van der Waals surface area contributed by atoms with Gasteiger partial charge in [-0.3, -0.25) is 4.99 Å². The van der Waals surface area contributed by atoms with E-state index < -0.39 is 0 Å². The smallest absolute Gasteiger partial charge is 0.191 e. The zero-order chi connectivity index (χ0) is 16.6. The van der Waals surface area contributed by atoms with Crippen LogP contribution >= 0.6 is 0 Å². The molecule has 0 saturated heterocycles. The SMILES string of the molecule is CN=C(NCCCC1CCCCC1)NCc1nnc2n1CCCC2. The van der Waals surface area contributed by atoms with E-state index in [1.165, 1.54) is 57.8 Å². The molecule has 0 spiro atoms. The quantitative estimate of drug-likeness (QED) is 0.477. The highest BCUT2D eigenvalue weighted by molar-refractivity contribution is 5.79. The predicted molar refractivity (Wildman–Crippen MR) is 97.0 cm³/mol. The van der Waals surface area contributed by atoms with Gasteiger partial charge in [0, 0.05) is 26.6 Å². The van der Waals surface area contributed by atoms with Crippen molar-refractivity contribution >= 4 is 5.96 Å². The molecular formula is C18H32N6. The maximum absolute atomic E-state index is 4.33. The number of hydrogen-bond donors (Lipinski definition) is 2. The minimum atomic E-state index is 0.690. The standard InChI is InChI=1S/C18H32N6/c1-19-18(20-12-7-10-15-8-3-2-4-9-15)21-14-17-23-22-16-11-5-6-13-24(16)17/h15H,2-14H2,1H3,(H2,19,20,21). The zero-order valence-electron chi connectivity index (χ0n) is 15.1. The molecule has 0 aromatic carbocycles. The molecule has 1 fully saturated rings. The number of fused-ring (bicyclic) bond motifs is 1. The Labute approximate surface area is 145 Å². The minimum Gasteiger partial charge on any atom is -0.356 e. The van der Waals surface area contributed by atoms with Crippen molar-refractivity contribution in [1.82, 2.24) is 25.4 Å². The van der Waals surface area contributed by atoms with Gasteiger partial charge in [-0.25, -0.2) is 0 Å². The van der Waals surface area contributed by atoms with Crippen LogP contribution in [0.1, 0.15) is 69.4 Å². The summed E-state index contributed by atoms with van der Waals surface area (Å²) in [5, 5.41) is 15.4. The molecule has 24 heavy (non-hydrogen) atoms. The van der Waals surface area contributed by atoms with Gasteiger partial charge in [-0.1, -0.05) is 32.1 Å². The minimum absolute atomic E-state index is 0.690. The van der Waals surface area contributed by atoms with E-state index in [1.807, 2.05) is 7.05 Å². The van der Waals surface area contributed by atoms with Crippen LogP contribution in [0.5, 0.6) is 0 Å². The summed E-state index contributed by atoms with van der Waals surface area (Å²) in [5.74, 6) is 3.98. The van der Waals surface area contributed by atoms with Gasteiger partial charge in [0.05, 0.1) is 6.54 Å². The monoisotopic (exact) mass is 332 g/mol. The Morgan fingerprint density at radius 2 is 2.00 bits per heavy atom. The first-order chi connectivity index (χ1) is 11.9. The van der Waals surface area contributed by atoms with E-state index in [1.54, 1.807) is 0 Å². The number of nitrogens with zero attached hydrogens (tertiary/aromatic N) is 4. The Balaban J connectivity index is 1.36. The van der Waals surface area contributed by atoms with Crippen molar-refractivity contribution in [1.29, 1.82) is 0 Å². The van der Waals surface area contributed by atoms with Crippen molar-refractivity contribution in [3.8, 4) is 0 Å². The highest BCUT2D eigenvalue weighted by Gasteiger charge is 2.16. The van der Waals surface area contributed by atoms with Crippen molar-refractivity contribution in [3.05, 3.63) is 11.6 Å². The van der Waals surface area contributed by atoms with Gasteiger partial charge in [-0.2, -0.15) is 0 Å². The van der Waals surface area contributed by atoms with Crippen LogP contribution in [-0.2, 0) is 19.5 Å².